The molecule has 1 heterocycles. The Morgan fingerprint density at radius 3 is 2.04 bits per heavy atom. The molecule has 26 heavy (non-hydrogen) atoms. The van der Waals surface area contributed by atoms with Crippen molar-refractivity contribution in [2.24, 2.45) is 0 Å². The Morgan fingerprint density at radius 2 is 1.50 bits per heavy atom. The summed E-state index contributed by atoms with van der Waals surface area (Å²) in [6.07, 6.45) is -8.28. The second-order valence-electron chi connectivity index (χ2n) is 5.69. The molecule has 2 nitrogen and oxygen atoms in total. The first-order chi connectivity index (χ1) is 12.0. The van der Waals surface area contributed by atoms with E-state index >= 15 is 0 Å². The lowest BCUT2D eigenvalue weighted by atomic mass is 10.1. The van der Waals surface area contributed by atoms with Crippen LogP contribution in [0.4, 0.5) is 30.7 Å². The normalized spacial score (nSPS) is 12.7. The molecular weight excluding hydrogens is 367 g/mol. The summed E-state index contributed by atoms with van der Waals surface area (Å²) in [6.45, 7) is -0.183. The average Bonchev–Trinajstić information content (AvgIpc) is 2.81. The quantitative estimate of drug-likeness (QED) is 0.580. The second kappa shape index (κ2) is 5.93. The molecule has 3 rings (SSSR count). The molecule has 9 heteroatoms. The molecule has 2 aromatic carbocycles. The first-order valence-electron chi connectivity index (χ1n) is 7.21. The Labute approximate surface area is 142 Å². The maximum absolute atomic E-state index is 13.5. The summed E-state index contributed by atoms with van der Waals surface area (Å²) >= 11 is 0. The van der Waals surface area contributed by atoms with Gasteiger partial charge in [-0.3, -0.25) is 0 Å². The van der Waals surface area contributed by atoms with Gasteiger partial charge < -0.3 is 9.67 Å². The van der Waals surface area contributed by atoms with E-state index in [-0.39, 0.29) is 18.0 Å². The van der Waals surface area contributed by atoms with E-state index in [0.717, 1.165) is 41.1 Å². The van der Waals surface area contributed by atoms with Crippen LogP contribution in [0.5, 0.6) is 5.88 Å². The number of hydrogen-bond donors (Lipinski definition) is 1. The van der Waals surface area contributed by atoms with Gasteiger partial charge in [0.25, 0.3) is 0 Å². The van der Waals surface area contributed by atoms with E-state index in [2.05, 4.69) is 0 Å². The van der Waals surface area contributed by atoms with Gasteiger partial charge >= 0.3 is 12.4 Å². The van der Waals surface area contributed by atoms with Gasteiger partial charge in [0.15, 0.2) is 5.88 Å². The predicted octanol–water partition coefficient (Wildman–Crippen LogP) is 5.57. The van der Waals surface area contributed by atoms with Gasteiger partial charge in [0.1, 0.15) is 5.82 Å². The maximum Gasteiger partial charge on any atom is 0.417 e. The maximum atomic E-state index is 13.5. The van der Waals surface area contributed by atoms with Crippen molar-refractivity contribution in [3.8, 4) is 5.88 Å². The number of aromatic nitrogens is 1. The fourth-order valence-electron chi connectivity index (χ4n) is 2.69. The van der Waals surface area contributed by atoms with Gasteiger partial charge in [-0.2, -0.15) is 26.3 Å². The summed E-state index contributed by atoms with van der Waals surface area (Å²) in [5.74, 6) is -1.86. The van der Waals surface area contributed by atoms with Crippen molar-refractivity contribution in [3.63, 3.8) is 0 Å². The standard InChI is InChI=1S/C17H10F7NO/c18-12-5-10-8-25(15(26)14(10)13(6-12)17(22,23)24)7-9-1-3-11(4-2-9)16(19,20)21/h1-6,8,26H,7H2. The highest BCUT2D eigenvalue weighted by atomic mass is 19.4. The minimum absolute atomic E-state index is 0.165. The van der Waals surface area contributed by atoms with E-state index in [1.165, 1.54) is 0 Å². The lowest BCUT2D eigenvalue weighted by Gasteiger charge is -2.10. The summed E-state index contributed by atoms with van der Waals surface area (Å²) in [6, 6.07) is 5.08. The van der Waals surface area contributed by atoms with Gasteiger partial charge in [-0.1, -0.05) is 12.1 Å². The third kappa shape index (κ3) is 3.33. The molecule has 3 aromatic rings. The number of aromatic hydroxyl groups is 1. The Hall–Kier alpha value is -2.71. The molecule has 0 saturated carbocycles. The van der Waals surface area contributed by atoms with Crippen molar-refractivity contribution in [1.82, 2.24) is 4.57 Å². The van der Waals surface area contributed by atoms with E-state index in [1.54, 1.807) is 0 Å². The van der Waals surface area contributed by atoms with E-state index in [9.17, 15) is 35.8 Å². The van der Waals surface area contributed by atoms with Crippen LogP contribution in [0.25, 0.3) is 10.8 Å². The fraction of sp³-hybridized carbons (Fsp3) is 0.176. The highest BCUT2D eigenvalue weighted by Gasteiger charge is 2.35. The third-order valence-corrected chi connectivity index (χ3v) is 3.86. The van der Waals surface area contributed by atoms with Crippen LogP contribution in [0.15, 0.2) is 42.6 Å². The largest absolute Gasteiger partial charge is 0.494 e. The van der Waals surface area contributed by atoms with E-state index < -0.39 is 40.6 Å². The summed E-state index contributed by atoms with van der Waals surface area (Å²) in [7, 11) is 0. The van der Waals surface area contributed by atoms with E-state index in [0.29, 0.717) is 5.56 Å². The lowest BCUT2D eigenvalue weighted by Crippen LogP contribution is -2.06. The van der Waals surface area contributed by atoms with Gasteiger partial charge in [-0.25, -0.2) is 4.39 Å². The first kappa shape index (κ1) is 18.1. The molecule has 1 N–H and O–H groups in total. The summed E-state index contributed by atoms with van der Waals surface area (Å²) in [5, 5.41) is 9.40. The highest BCUT2D eigenvalue weighted by Crippen LogP contribution is 2.40. The predicted molar refractivity (Wildman–Crippen MR) is 79.1 cm³/mol. The number of nitrogens with zero attached hydrogens (tertiary/aromatic N) is 1. The van der Waals surface area contributed by atoms with Gasteiger partial charge in [0.05, 0.1) is 23.1 Å². The van der Waals surface area contributed by atoms with Crippen molar-refractivity contribution in [2.75, 3.05) is 0 Å². The lowest BCUT2D eigenvalue weighted by molar-refractivity contribution is -0.138. The molecule has 0 radical (unpaired) electrons. The number of fused-ring (bicyclic) bond motifs is 1. The van der Waals surface area contributed by atoms with Crippen LogP contribution in [-0.4, -0.2) is 9.67 Å². The molecule has 0 unspecified atom stereocenters. The Kier molecular flexibility index (Phi) is 4.12. The third-order valence-electron chi connectivity index (χ3n) is 3.86. The van der Waals surface area contributed by atoms with Crippen LogP contribution in [0.3, 0.4) is 0 Å². The van der Waals surface area contributed by atoms with Gasteiger partial charge in [0, 0.05) is 11.6 Å². The van der Waals surface area contributed by atoms with Gasteiger partial charge in [-0.15, -0.1) is 0 Å². The number of halogens is 7. The number of benzene rings is 2. The van der Waals surface area contributed by atoms with Crippen molar-refractivity contribution in [1.29, 1.82) is 0 Å². The summed E-state index contributed by atoms with van der Waals surface area (Å²) in [5.41, 5.74) is -1.87. The Morgan fingerprint density at radius 1 is 0.885 bits per heavy atom. The van der Waals surface area contributed by atoms with E-state index in [4.69, 9.17) is 0 Å². The zero-order valence-corrected chi connectivity index (χ0v) is 12.8. The van der Waals surface area contributed by atoms with Crippen molar-refractivity contribution < 1.29 is 35.8 Å². The average molecular weight is 377 g/mol. The second-order valence-corrected chi connectivity index (χ2v) is 5.69. The molecule has 0 spiro atoms. The van der Waals surface area contributed by atoms with Crippen LogP contribution in [0, 0.1) is 5.82 Å². The minimum atomic E-state index is -4.88. The fourth-order valence-corrected chi connectivity index (χ4v) is 2.69. The summed E-state index contributed by atoms with van der Waals surface area (Å²) < 4.78 is 91.4. The Balaban J connectivity index is 2.03. The van der Waals surface area contributed by atoms with Crippen molar-refractivity contribution in [2.45, 2.75) is 18.9 Å². The van der Waals surface area contributed by atoms with Crippen LogP contribution in [0.1, 0.15) is 16.7 Å². The zero-order valence-electron chi connectivity index (χ0n) is 12.8. The topological polar surface area (TPSA) is 25.2 Å². The summed E-state index contributed by atoms with van der Waals surface area (Å²) in [4.78, 5) is 0. The first-order valence-corrected chi connectivity index (χ1v) is 7.21. The molecule has 0 aliphatic carbocycles. The molecule has 0 amide bonds. The van der Waals surface area contributed by atoms with Crippen molar-refractivity contribution >= 4 is 10.8 Å². The molecule has 138 valence electrons. The SMILES string of the molecule is Oc1c2c(C(F)(F)F)cc(F)cc2cn1Cc1ccc(C(F)(F)F)cc1. The molecular formula is C17H10F7NO. The number of hydrogen-bond acceptors (Lipinski definition) is 1. The zero-order chi connectivity index (χ0) is 19.3. The minimum Gasteiger partial charge on any atom is -0.494 e. The van der Waals surface area contributed by atoms with Crippen LogP contribution >= 0.6 is 0 Å². The van der Waals surface area contributed by atoms with Crippen molar-refractivity contribution in [3.05, 3.63) is 65.1 Å². The monoisotopic (exact) mass is 377 g/mol. The van der Waals surface area contributed by atoms with Gasteiger partial charge in [0.2, 0.25) is 0 Å². The van der Waals surface area contributed by atoms with E-state index in [1.807, 2.05) is 0 Å². The molecule has 0 fully saturated rings. The van der Waals surface area contributed by atoms with Crippen LogP contribution in [0.2, 0.25) is 0 Å². The van der Waals surface area contributed by atoms with Crippen LogP contribution in [-0.2, 0) is 18.9 Å². The molecule has 0 aliphatic heterocycles. The number of rotatable bonds is 2. The van der Waals surface area contributed by atoms with Gasteiger partial charge in [-0.05, 0) is 29.8 Å². The highest BCUT2D eigenvalue weighted by molar-refractivity contribution is 5.91. The van der Waals surface area contributed by atoms with Crippen LogP contribution < -0.4 is 0 Å². The molecule has 0 bridgehead atoms. The molecule has 0 saturated heterocycles. The molecule has 1 aromatic heterocycles. The molecule has 0 atom stereocenters. The molecule has 0 aliphatic rings. The Bertz CT molecular complexity index is 952. The smallest absolute Gasteiger partial charge is 0.417 e. The number of alkyl halides is 6.